The van der Waals surface area contributed by atoms with Gasteiger partial charge in [-0.1, -0.05) is 0 Å². The molecule has 4 heterocycles. The van der Waals surface area contributed by atoms with Gasteiger partial charge in [0.1, 0.15) is 16.5 Å². The van der Waals surface area contributed by atoms with Crippen LogP contribution >= 0.6 is 22.7 Å². The second kappa shape index (κ2) is 7.39. The first-order valence-electron chi connectivity index (χ1n) is 8.31. The maximum absolute atomic E-state index is 5.36. The fourth-order valence-electron chi connectivity index (χ4n) is 2.59. The number of hydrogen-bond donors (Lipinski definition) is 1. The van der Waals surface area contributed by atoms with Crippen LogP contribution in [-0.2, 0) is 6.42 Å². The van der Waals surface area contributed by atoms with Gasteiger partial charge in [0.15, 0.2) is 0 Å². The largest absolute Gasteiger partial charge is 0.469 e. The number of hydrogen-bond acceptors (Lipinski definition) is 7. The highest BCUT2D eigenvalue weighted by Crippen LogP contribution is 2.35. The smallest absolute Gasteiger partial charge is 0.223 e. The molecule has 0 aliphatic rings. The highest BCUT2D eigenvalue weighted by atomic mass is 32.1. The van der Waals surface area contributed by atoms with Crippen LogP contribution in [0.5, 0.6) is 0 Å². The van der Waals surface area contributed by atoms with Gasteiger partial charge in [0, 0.05) is 29.6 Å². The number of aromatic nitrogens is 3. The lowest BCUT2D eigenvalue weighted by atomic mass is 10.1. The van der Waals surface area contributed by atoms with Gasteiger partial charge in [0.25, 0.3) is 0 Å². The second-order valence-electron chi connectivity index (χ2n) is 5.88. The number of thiophene rings is 1. The average molecular weight is 383 g/mol. The van der Waals surface area contributed by atoms with E-state index in [4.69, 9.17) is 14.4 Å². The molecule has 0 atom stereocenters. The van der Waals surface area contributed by atoms with E-state index >= 15 is 0 Å². The quantitative estimate of drug-likeness (QED) is 0.497. The second-order valence-corrected chi connectivity index (χ2v) is 7.87. The average Bonchev–Trinajstić information content (AvgIpc) is 3.39. The van der Waals surface area contributed by atoms with Crippen LogP contribution in [-0.4, -0.2) is 21.5 Å². The maximum Gasteiger partial charge on any atom is 0.223 e. The van der Waals surface area contributed by atoms with Crippen molar-refractivity contribution in [2.75, 3.05) is 11.9 Å². The molecule has 0 bridgehead atoms. The van der Waals surface area contributed by atoms with Crippen molar-refractivity contribution in [3.63, 3.8) is 0 Å². The van der Waals surface area contributed by atoms with Gasteiger partial charge in [-0.05, 0) is 48.4 Å². The fraction of sp³-hybridized carbons (Fsp3) is 0.211. The summed E-state index contributed by atoms with van der Waals surface area (Å²) in [4.78, 5) is 15.2. The molecular formula is C19H18N4OS2. The molecule has 0 amide bonds. The zero-order valence-electron chi connectivity index (χ0n) is 14.5. The lowest BCUT2D eigenvalue weighted by Crippen LogP contribution is -2.08. The first-order chi connectivity index (χ1) is 12.7. The standard InChI is InChI=1S/C19H18N4OS2/c1-12-13(2)26-18(22-12)17-16(14-6-9-25-11-14)10-21-19(23-17)20-7-5-15-4-3-8-24-15/h3-4,6,8-11H,5,7H2,1-2H3,(H,20,21,23). The zero-order valence-corrected chi connectivity index (χ0v) is 16.2. The highest BCUT2D eigenvalue weighted by molar-refractivity contribution is 7.15. The molecule has 132 valence electrons. The number of thiazole rings is 1. The van der Waals surface area contributed by atoms with E-state index in [1.807, 2.05) is 25.3 Å². The molecule has 1 N–H and O–H groups in total. The van der Waals surface area contributed by atoms with E-state index in [1.54, 1.807) is 28.9 Å². The molecule has 0 unspecified atom stereocenters. The van der Waals surface area contributed by atoms with Crippen molar-refractivity contribution in [3.05, 3.63) is 57.8 Å². The Morgan fingerprint density at radius 1 is 1.19 bits per heavy atom. The summed E-state index contributed by atoms with van der Waals surface area (Å²) in [7, 11) is 0. The lowest BCUT2D eigenvalue weighted by Gasteiger charge is -2.09. The molecule has 4 rings (SSSR count). The van der Waals surface area contributed by atoms with Crippen molar-refractivity contribution in [2.24, 2.45) is 0 Å². The monoisotopic (exact) mass is 382 g/mol. The van der Waals surface area contributed by atoms with Gasteiger partial charge in [0.05, 0.1) is 12.0 Å². The normalized spacial score (nSPS) is 11.0. The molecule has 5 nitrogen and oxygen atoms in total. The summed E-state index contributed by atoms with van der Waals surface area (Å²) in [5.41, 5.74) is 4.06. The predicted octanol–water partition coefficient (Wildman–Crippen LogP) is 5.19. The summed E-state index contributed by atoms with van der Waals surface area (Å²) >= 11 is 3.33. The molecule has 4 aromatic rings. The molecule has 0 spiro atoms. The van der Waals surface area contributed by atoms with Crippen LogP contribution in [0.25, 0.3) is 21.8 Å². The third kappa shape index (κ3) is 3.54. The summed E-state index contributed by atoms with van der Waals surface area (Å²) in [5.74, 6) is 1.55. The predicted molar refractivity (Wildman–Crippen MR) is 107 cm³/mol. The van der Waals surface area contributed by atoms with Crippen molar-refractivity contribution in [2.45, 2.75) is 20.3 Å². The number of aryl methyl sites for hydroxylation is 2. The zero-order chi connectivity index (χ0) is 17.9. The van der Waals surface area contributed by atoms with E-state index < -0.39 is 0 Å². The highest BCUT2D eigenvalue weighted by Gasteiger charge is 2.16. The van der Waals surface area contributed by atoms with E-state index in [0.29, 0.717) is 12.5 Å². The SMILES string of the molecule is Cc1nc(-c2nc(NCCc3ccco3)ncc2-c2ccsc2)sc1C. The Kier molecular flexibility index (Phi) is 4.81. The van der Waals surface area contributed by atoms with Gasteiger partial charge >= 0.3 is 0 Å². The minimum Gasteiger partial charge on any atom is -0.469 e. The van der Waals surface area contributed by atoms with E-state index in [-0.39, 0.29) is 0 Å². The molecule has 0 aromatic carbocycles. The van der Waals surface area contributed by atoms with E-state index in [9.17, 15) is 0 Å². The first kappa shape index (κ1) is 16.9. The molecule has 7 heteroatoms. The van der Waals surface area contributed by atoms with Crippen LogP contribution < -0.4 is 5.32 Å². The topological polar surface area (TPSA) is 63.8 Å². The minimum atomic E-state index is 0.607. The van der Waals surface area contributed by atoms with Gasteiger partial charge in [0.2, 0.25) is 5.95 Å². The molecule has 0 saturated carbocycles. The molecule has 4 aromatic heterocycles. The molecule has 0 fully saturated rings. The van der Waals surface area contributed by atoms with Crippen molar-refractivity contribution >= 4 is 28.6 Å². The van der Waals surface area contributed by atoms with Crippen LogP contribution in [0, 0.1) is 13.8 Å². The van der Waals surface area contributed by atoms with Gasteiger partial charge in [-0.3, -0.25) is 0 Å². The maximum atomic E-state index is 5.36. The Morgan fingerprint density at radius 2 is 2.12 bits per heavy atom. The summed E-state index contributed by atoms with van der Waals surface area (Å²) < 4.78 is 5.36. The van der Waals surface area contributed by atoms with Crippen LogP contribution in [0.15, 0.2) is 45.8 Å². The summed E-state index contributed by atoms with van der Waals surface area (Å²) in [6, 6.07) is 5.95. The summed E-state index contributed by atoms with van der Waals surface area (Å²) in [6.07, 6.45) is 4.35. The number of nitrogens with one attached hydrogen (secondary N) is 1. The Morgan fingerprint density at radius 3 is 2.81 bits per heavy atom. The van der Waals surface area contributed by atoms with Gasteiger partial charge in [-0.2, -0.15) is 11.3 Å². The van der Waals surface area contributed by atoms with E-state index in [2.05, 4.69) is 34.1 Å². The Balaban J connectivity index is 1.64. The lowest BCUT2D eigenvalue weighted by molar-refractivity contribution is 0.512. The number of rotatable bonds is 6. The summed E-state index contributed by atoms with van der Waals surface area (Å²) in [6.45, 7) is 4.83. The van der Waals surface area contributed by atoms with E-state index in [0.717, 1.165) is 39.7 Å². The number of nitrogens with zero attached hydrogens (tertiary/aromatic N) is 3. The van der Waals surface area contributed by atoms with E-state index in [1.165, 1.54) is 4.88 Å². The van der Waals surface area contributed by atoms with Gasteiger partial charge in [-0.15, -0.1) is 11.3 Å². The molecular weight excluding hydrogens is 364 g/mol. The van der Waals surface area contributed by atoms with Crippen LogP contribution in [0.2, 0.25) is 0 Å². The van der Waals surface area contributed by atoms with Crippen molar-refractivity contribution in [1.29, 1.82) is 0 Å². The third-order valence-corrected chi connectivity index (χ3v) is 5.85. The molecule has 0 aliphatic carbocycles. The number of anilines is 1. The van der Waals surface area contributed by atoms with Gasteiger partial charge < -0.3 is 9.73 Å². The summed E-state index contributed by atoms with van der Waals surface area (Å²) in [5, 5.41) is 8.39. The van der Waals surface area contributed by atoms with Crippen LogP contribution in [0.4, 0.5) is 5.95 Å². The van der Waals surface area contributed by atoms with Gasteiger partial charge in [-0.25, -0.2) is 15.0 Å². The first-order valence-corrected chi connectivity index (χ1v) is 10.1. The Bertz CT molecular complexity index is 971. The van der Waals surface area contributed by atoms with Crippen molar-refractivity contribution in [3.8, 4) is 21.8 Å². The van der Waals surface area contributed by atoms with Crippen molar-refractivity contribution < 1.29 is 4.42 Å². The minimum absolute atomic E-state index is 0.607. The molecule has 26 heavy (non-hydrogen) atoms. The van der Waals surface area contributed by atoms with Crippen LogP contribution in [0.1, 0.15) is 16.3 Å². The molecule has 0 aliphatic heterocycles. The Labute approximate surface area is 159 Å². The molecule has 0 radical (unpaired) electrons. The number of furan rings is 1. The fourth-order valence-corrected chi connectivity index (χ4v) is 4.16. The van der Waals surface area contributed by atoms with Crippen LogP contribution in [0.3, 0.4) is 0 Å². The Hall–Kier alpha value is -2.51. The van der Waals surface area contributed by atoms with Crippen molar-refractivity contribution in [1.82, 2.24) is 15.0 Å². The molecule has 0 saturated heterocycles. The third-order valence-electron chi connectivity index (χ3n) is 4.09.